The number of anilines is 3. The lowest BCUT2D eigenvalue weighted by molar-refractivity contribution is 0.866. The quantitative estimate of drug-likeness (QED) is 0.535. The number of hydrogen-bond donors (Lipinski definition) is 1. The molecule has 2 aromatic carbocycles. The Morgan fingerprint density at radius 1 is 1.00 bits per heavy atom. The van der Waals surface area contributed by atoms with E-state index in [-0.39, 0.29) is 0 Å². The van der Waals surface area contributed by atoms with E-state index in [1.165, 1.54) is 5.69 Å². The van der Waals surface area contributed by atoms with Gasteiger partial charge in [0.25, 0.3) is 0 Å². The van der Waals surface area contributed by atoms with Crippen molar-refractivity contribution in [3.63, 3.8) is 0 Å². The summed E-state index contributed by atoms with van der Waals surface area (Å²) in [4.78, 5) is 7.03. The van der Waals surface area contributed by atoms with Crippen molar-refractivity contribution in [1.29, 1.82) is 0 Å². The van der Waals surface area contributed by atoms with Crippen LogP contribution in [0.15, 0.2) is 58.4 Å². The number of nitrogens with zero attached hydrogens (tertiary/aromatic N) is 2. The average molecular weight is 402 g/mol. The van der Waals surface area contributed by atoms with E-state index >= 15 is 0 Å². The monoisotopic (exact) mass is 401 g/mol. The summed E-state index contributed by atoms with van der Waals surface area (Å²) in [5.41, 5.74) is 4.44. The molecule has 0 unspecified atom stereocenters. The molecule has 0 saturated heterocycles. The van der Waals surface area contributed by atoms with Crippen molar-refractivity contribution >= 4 is 43.8 Å². The minimum absolute atomic E-state index is 0.903. The molecule has 0 aliphatic heterocycles. The van der Waals surface area contributed by atoms with E-state index in [1.54, 1.807) is 11.3 Å². The van der Waals surface area contributed by atoms with Crippen LogP contribution in [0.3, 0.4) is 0 Å². The van der Waals surface area contributed by atoms with Gasteiger partial charge in [-0.3, -0.25) is 0 Å². The lowest BCUT2D eigenvalue weighted by Gasteiger charge is -2.20. The van der Waals surface area contributed by atoms with Crippen LogP contribution in [0.1, 0.15) is 13.8 Å². The van der Waals surface area contributed by atoms with E-state index in [2.05, 4.69) is 69.6 Å². The Hall–Kier alpha value is -1.85. The van der Waals surface area contributed by atoms with Gasteiger partial charge in [-0.2, -0.15) is 0 Å². The highest BCUT2D eigenvalue weighted by Gasteiger charge is 2.07. The van der Waals surface area contributed by atoms with Crippen molar-refractivity contribution < 1.29 is 0 Å². The molecular weight excluding hydrogens is 382 g/mol. The number of hydrogen-bond acceptors (Lipinski definition) is 4. The minimum atomic E-state index is 0.903. The van der Waals surface area contributed by atoms with Crippen molar-refractivity contribution in [2.24, 2.45) is 0 Å². The fraction of sp³-hybridized carbons (Fsp3) is 0.211. The zero-order chi connectivity index (χ0) is 16.9. The first-order valence-corrected chi connectivity index (χ1v) is 9.70. The molecule has 1 heterocycles. The van der Waals surface area contributed by atoms with Gasteiger partial charge in [-0.1, -0.05) is 28.1 Å². The van der Waals surface area contributed by atoms with Gasteiger partial charge in [0.05, 0.1) is 5.69 Å². The zero-order valence-corrected chi connectivity index (χ0v) is 16.2. The third-order valence-corrected chi connectivity index (χ3v) is 5.18. The van der Waals surface area contributed by atoms with Gasteiger partial charge in [0.2, 0.25) is 0 Å². The number of halogens is 1. The second kappa shape index (κ2) is 7.81. The van der Waals surface area contributed by atoms with Crippen LogP contribution in [0.2, 0.25) is 0 Å². The van der Waals surface area contributed by atoms with E-state index < -0.39 is 0 Å². The van der Waals surface area contributed by atoms with E-state index in [9.17, 15) is 0 Å². The molecule has 24 heavy (non-hydrogen) atoms. The third kappa shape index (κ3) is 3.97. The molecule has 0 fully saturated rings. The predicted octanol–water partition coefficient (Wildman–Crippen LogP) is 6.16. The van der Waals surface area contributed by atoms with Crippen molar-refractivity contribution in [3.05, 3.63) is 58.4 Å². The van der Waals surface area contributed by atoms with Crippen LogP contribution in [0.4, 0.5) is 16.5 Å². The van der Waals surface area contributed by atoms with Crippen LogP contribution >= 0.6 is 27.3 Å². The third-order valence-electron chi connectivity index (χ3n) is 3.89. The maximum atomic E-state index is 4.70. The summed E-state index contributed by atoms with van der Waals surface area (Å²) in [6.45, 7) is 6.40. The van der Waals surface area contributed by atoms with Crippen molar-refractivity contribution in [2.45, 2.75) is 13.8 Å². The Kier molecular flexibility index (Phi) is 5.53. The second-order valence-corrected chi connectivity index (χ2v) is 7.16. The molecule has 0 saturated carbocycles. The summed E-state index contributed by atoms with van der Waals surface area (Å²) < 4.78 is 1.07. The summed E-state index contributed by atoms with van der Waals surface area (Å²) >= 11 is 5.07. The van der Waals surface area contributed by atoms with E-state index in [0.717, 1.165) is 39.6 Å². The van der Waals surface area contributed by atoms with E-state index in [0.29, 0.717) is 0 Å². The molecule has 1 N–H and O–H groups in total. The first-order valence-electron chi connectivity index (χ1n) is 8.03. The SMILES string of the molecule is CCN(CC)c1ccc(-c2csc(Nc3ccc(Br)cc3)n2)cc1. The lowest BCUT2D eigenvalue weighted by Crippen LogP contribution is -2.21. The number of rotatable bonds is 6. The lowest BCUT2D eigenvalue weighted by atomic mass is 10.1. The highest BCUT2D eigenvalue weighted by Crippen LogP contribution is 2.29. The fourth-order valence-corrected chi connectivity index (χ4v) is 3.56. The maximum absolute atomic E-state index is 4.70. The Labute approximate surface area is 155 Å². The van der Waals surface area contributed by atoms with Crippen LogP contribution in [-0.2, 0) is 0 Å². The molecule has 0 amide bonds. The molecular formula is C19H20BrN3S. The molecule has 0 atom stereocenters. The molecule has 0 aliphatic rings. The molecule has 0 spiro atoms. The topological polar surface area (TPSA) is 28.2 Å². The summed E-state index contributed by atoms with van der Waals surface area (Å²) in [5.74, 6) is 0. The number of nitrogens with one attached hydrogen (secondary N) is 1. The first-order chi connectivity index (χ1) is 11.7. The van der Waals surface area contributed by atoms with Crippen molar-refractivity contribution in [1.82, 2.24) is 4.98 Å². The maximum Gasteiger partial charge on any atom is 0.187 e. The molecule has 5 heteroatoms. The molecule has 1 aromatic heterocycles. The molecule has 3 rings (SSSR count). The molecule has 124 valence electrons. The van der Waals surface area contributed by atoms with Gasteiger partial charge in [0.15, 0.2) is 5.13 Å². The van der Waals surface area contributed by atoms with Gasteiger partial charge in [-0.05, 0) is 50.2 Å². The summed E-state index contributed by atoms with van der Waals surface area (Å²) in [7, 11) is 0. The van der Waals surface area contributed by atoms with E-state index in [4.69, 9.17) is 4.98 Å². The molecule has 0 aliphatic carbocycles. The fourth-order valence-electron chi connectivity index (χ4n) is 2.55. The Balaban J connectivity index is 1.74. The molecule has 3 aromatic rings. The van der Waals surface area contributed by atoms with Gasteiger partial charge >= 0.3 is 0 Å². The molecule has 3 nitrogen and oxygen atoms in total. The zero-order valence-electron chi connectivity index (χ0n) is 13.8. The standard InChI is InChI=1S/C19H20BrN3S/c1-3-23(4-2)17-11-5-14(6-12-17)18-13-24-19(22-18)21-16-9-7-15(20)8-10-16/h5-13H,3-4H2,1-2H3,(H,21,22). The molecule has 0 bridgehead atoms. The predicted molar refractivity (Wildman–Crippen MR) is 109 cm³/mol. The minimum Gasteiger partial charge on any atom is -0.372 e. The summed E-state index contributed by atoms with van der Waals surface area (Å²) in [6, 6.07) is 16.7. The van der Waals surface area contributed by atoms with Gasteiger partial charge in [0, 0.05) is 39.9 Å². The van der Waals surface area contributed by atoms with E-state index in [1.807, 2.05) is 24.3 Å². The van der Waals surface area contributed by atoms with Crippen molar-refractivity contribution in [3.8, 4) is 11.3 Å². The molecule has 0 radical (unpaired) electrons. The normalized spacial score (nSPS) is 10.6. The average Bonchev–Trinajstić information content (AvgIpc) is 3.07. The first kappa shape index (κ1) is 17.0. The summed E-state index contributed by atoms with van der Waals surface area (Å²) in [5, 5.41) is 6.34. The van der Waals surface area contributed by atoms with Crippen molar-refractivity contribution in [2.75, 3.05) is 23.3 Å². The smallest absolute Gasteiger partial charge is 0.187 e. The van der Waals surface area contributed by atoms with Crippen LogP contribution in [0, 0.1) is 0 Å². The van der Waals surface area contributed by atoms with Gasteiger partial charge in [0.1, 0.15) is 0 Å². The number of benzene rings is 2. The Bertz CT molecular complexity index is 777. The van der Waals surface area contributed by atoms with Gasteiger partial charge in [-0.25, -0.2) is 4.98 Å². The highest BCUT2D eigenvalue weighted by molar-refractivity contribution is 9.10. The van der Waals surface area contributed by atoms with Crippen LogP contribution in [-0.4, -0.2) is 18.1 Å². The van der Waals surface area contributed by atoms with Crippen LogP contribution < -0.4 is 10.2 Å². The largest absolute Gasteiger partial charge is 0.372 e. The van der Waals surface area contributed by atoms with Crippen LogP contribution in [0.5, 0.6) is 0 Å². The van der Waals surface area contributed by atoms with Crippen LogP contribution in [0.25, 0.3) is 11.3 Å². The number of aromatic nitrogens is 1. The number of thiazole rings is 1. The Morgan fingerprint density at radius 2 is 1.67 bits per heavy atom. The Morgan fingerprint density at radius 3 is 2.29 bits per heavy atom. The second-order valence-electron chi connectivity index (χ2n) is 5.39. The van der Waals surface area contributed by atoms with Gasteiger partial charge < -0.3 is 10.2 Å². The highest BCUT2D eigenvalue weighted by atomic mass is 79.9. The summed E-state index contributed by atoms with van der Waals surface area (Å²) in [6.07, 6.45) is 0. The van der Waals surface area contributed by atoms with Gasteiger partial charge in [-0.15, -0.1) is 11.3 Å².